The van der Waals surface area contributed by atoms with Crippen LogP contribution in [-0.4, -0.2) is 9.81 Å². The Hall–Kier alpha value is 0.110. The van der Waals surface area contributed by atoms with Crippen molar-refractivity contribution in [2.75, 3.05) is 0 Å². The molecule has 1 atom stereocenters. The quantitative estimate of drug-likeness (QED) is 0.705. The molecule has 0 bridgehead atoms. The van der Waals surface area contributed by atoms with E-state index < -0.39 is 0 Å². The van der Waals surface area contributed by atoms with E-state index in [1.807, 2.05) is 11.7 Å². The van der Waals surface area contributed by atoms with Crippen molar-refractivity contribution in [3.8, 4) is 0 Å². The van der Waals surface area contributed by atoms with Gasteiger partial charge in [-0.05, 0) is 25.7 Å². The number of hydrogen-bond donors (Lipinski definition) is 0. The monoisotopic (exact) mass is 261 g/mol. The lowest BCUT2D eigenvalue weighted by Crippen LogP contribution is -1.97. The van der Waals surface area contributed by atoms with E-state index in [2.05, 4.69) is 27.8 Å². The van der Waals surface area contributed by atoms with Crippen molar-refractivity contribution in [3.05, 3.63) is 16.6 Å². The molecule has 0 fully saturated rings. The summed E-state index contributed by atoms with van der Waals surface area (Å²) >= 11 is 5.45. The molecule has 0 saturated heterocycles. The number of hydrogen-bond acceptors (Lipinski definition) is 2. The summed E-state index contributed by atoms with van der Waals surface area (Å²) in [4.78, 5) is 6.19. The Morgan fingerprint density at radius 2 is 2.38 bits per heavy atom. The van der Waals surface area contributed by atoms with E-state index in [0.29, 0.717) is 4.83 Å². The molecule has 0 spiro atoms. The van der Waals surface area contributed by atoms with Crippen LogP contribution in [0.5, 0.6) is 0 Å². The van der Waals surface area contributed by atoms with Gasteiger partial charge >= 0.3 is 0 Å². The summed E-state index contributed by atoms with van der Waals surface area (Å²) in [6, 6.07) is 0. The second-order valence-electron chi connectivity index (χ2n) is 3.25. The predicted molar refractivity (Wildman–Crippen MR) is 62.7 cm³/mol. The van der Waals surface area contributed by atoms with Gasteiger partial charge in [-0.1, -0.05) is 29.3 Å². The Bertz CT molecular complexity index is 211. The molecule has 1 nitrogen and oxygen atoms in total. The minimum Gasteiger partial charge on any atom is -0.253 e. The van der Waals surface area contributed by atoms with Crippen LogP contribution in [0.4, 0.5) is 0 Å². The molecule has 13 heavy (non-hydrogen) atoms. The maximum Gasteiger partial charge on any atom is 0.0794 e. The van der Waals surface area contributed by atoms with Crippen LogP contribution in [0.2, 0.25) is 0 Å². The Morgan fingerprint density at radius 1 is 1.54 bits per heavy atom. The van der Waals surface area contributed by atoms with Crippen molar-refractivity contribution in [2.45, 2.75) is 43.9 Å². The molecule has 1 unspecified atom stereocenters. The van der Waals surface area contributed by atoms with E-state index in [9.17, 15) is 0 Å². The fourth-order valence-corrected chi connectivity index (χ4v) is 2.74. The highest BCUT2D eigenvalue weighted by molar-refractivity contribution is 9.09. The van der Waals surface area contributed by atoms with E-state index in [0.717, 1.165) is 0 Å². The summed E-state index contributed by atoms with van der Waals surface area (Å²) in [6.45, 7) is 2.23. The lowest BCUT2D eigenvalue weighted by atomic mass is 10.1. The van der Waals surface area contributed by atoms with Crippen LogP contribution in [0.1, 0.15) is 37.5 Å². The van der Waals surface area contributed by atoms with Crippen molar-refractivity contribution < 1.29 is 0 Å². The smallest absolute Gasteiger partial charge is 0.0794 e. The second-order valence-corrected chi connectivity index (χ2v) is 5.51. The number of nitrogens with zero attached hydrogens (tertiary/aromatic N) is 1. The highest BCUT2D eigenvalue weighted by atomic mass is 79.9. The predicted octanol–water partition coefficient (Wildman–Crippen LogP) is 4.03. The van der Waals surface area contributed by atoms with Crippen molar-refractivity contribution in [1.29, 1.82) is 0 Å². The second kappa shape index (κ2) is 6.55. The Labute approximate surface area is 92.7 Å². The van der Waals surface area contributed by atoms with Gasteiger partial charge in [-0.2, -0.15) is 0 Å². The van der Waals surface area contributed by atoms with E-state index in [1.165, 1.54) is 37.0 Å². The topological polar surface area (TPSA) is 12.9 Å². The van der Waals surface area contributed by atoms with Crippen molar-refractivity contribution in [1.82, 2.24) is 4.98 Å². The molecular weight excluding hydrogens is 246 g/mol. The van der Waals surface area contributed by atoms with Gasteiger partial charge < -0.3 is 0 Å². The first-order chi connectivity index (χ1) is 6.33. The summed E-state index contributed by atoms with van der Waals surface area (Å²) in [7, 11) is 0. The van der Waals surface area contributed by atoms with Gasteiger partial charge in [0.25, 0.3) is 0 Å². The van der Waals surface area contributed by atoms with Gasteiger partial charge in [0.15, 0.2) is 0 Å². The Morgan fingerprint density at radius 3 is 3.00 bits per heavy atom. The van der Waals surface area contributed by atoms with E-state index in [4.69, 9.17) is 0 Å². The van der Waals surface area contributed by atoms with Crippen LogP contribution < -0.4 is 0 Å². The summed E-state index contributed by atoms with van der Waals surface area (Å²) in [5.74, 6) is 0. The molecular formula is C10H16BrNS. The lowest BCUT2D eigenvalue weighted by Gasteiger charge is -2.06. The Balaban J connectivity index is 2.07. The molecule has 3 heteroatoms. The summed E-state index contributed by atoms with van der Waals surface area (Å²) < 4.78 is 0. The average Bonchev–Trinajstić information content (AvgIpc) is 2.57. The van der Waals surface area contributed by atoms with Crippen LogP contribution >= 0.6 is 27.3 Å². The maximum atomic E-state index is 4.06. The summed E-state index contributed by atoms with van der Waals surface area (Å²) in [6.07, 6.45) is 8.30. The van der Waals surface area contributed by atoms with Crippen LogP contribution in [0.3, 0.4) is 0 Å². The number of aryl methyl sites for hydroxylation is 1. The van der Waals surface area contributed by atoms with Gasteiger partial charge in [0.1, 0.15) is 0 Å². The van der Waals surface area contributed by atoms with Gasteiger partial charge in [-0.3, -0.25) is 4.98 Å². The molecule has 1 aromatic heterocycles. The van der Waals surface area contributed by atoms with Crippen LogP contribution in [-0.2, 0) is 6.42 Å². The SMILES string of the molecule is CCCC(Br)CCCc1cncs1. The third-order valence-corrected chi connectivity index (χ3v) is 3.78. The standard InChI is InChI=1S/C10H16BrNS/c1-2-4-9(11)5-3-6-10-7-12-8-13-10/h7-9H,2-6H2,1H3. The number of aromatic nitrogens is 1. The number of alkyl halides is 1. The van der Waals surface area contributed by atoms with E-state index >= 15 is 0 Å². The largest absolute Gasteiger partial charge is 0.253 e. The Kier molecular flexibility index (Phi) is 5.63. The normalized spacial score (nSPS) is 13.1. The summed E-state index contributed by atoms with van der Waals surface area (Å²) in [5.41, 5.74) is 1.91. The molecule has 0 aliphatic heterocycles. The van der Waals surface area contributed by atoms with Crippen molar-refractivity contribution in [2.24, 2.45) is 0 Å². The minimum atomic E-state index is 0.713. The highest BCUT2D eigenvalue weighted by Crippen LogP contribution is 2.17. The van der Waals surface area contributed by atoms with Crippen LogP contribution in [0, 0.1) is 0 Å². The zero-order chi connectivity index (χ0) is 9.52. The van der Waals surface area contributed by atoms with Crippen molar-refractivity contribution in [3.63, 3.8) is 0 Å². The van der Waals surface area contributed by atoms with Crippen LogP contribution in [0.25, 0.3) is 0 Å². The van der Waals surface area contributed by atoms with Crippen molar-refractivity contribution >= 4 is 27.3 Å². The fraction of sp³-hybridized carbons (Fsp3) is 0.700. The first-order valence-corrected chi connectivity index (χ1v) is 6.64. The molecule has 0 saturated carbocycles. The molecule has 1 heterocycles. The molecule has 0 aliphatic carbocycles. The molecule has 0 amide bonds. The maximum absolute atomic E-state index is 4.06. The summed E-state index contributed by atoms with van der Waals surface area (Å²) in [5, 5.41) is 0. The lowest BCUT2D eigenvalue weighted by molar-refractivity contribution is 0.657. The number of halogens is 1. The third kappa shape index (κ3) is 4.77. The fourth-order valence-electron chi connectivity index (χ4n) is 1.32. The van der Waals surface area contributed by atoms with Gasteiger partial charge in [0.2, 0.25) is 0 Å². The zero-order valence-electron chi connectivity index (χ0n) is 8.00. The minimum absolute atomic E-state index is 0.713. The number of thiazole rings is 1. The molecule has 0 aromatic carbocycles. The molecule has 0 radical (unpaired) electrons. The van der Waals surface area contributed by atoms with Gasteiger partial charge in [0, 0.05) is 15.9 Å². The average molecular weight is 262 g/mol. The van der Waals surface area contributed by atoms with Gasteiger partial charge in [0.05, 0.1) is 5.51 Å². The zero-order valence-corrected chi connectivity index (χ0v) is 10.4. The van der Waals surface area contributed by atoms with Gasteiger partial charge in [-0.25, -0.2) is 0 Å². The van der Waals surface area contributed by atoms with Crippen LogP contribution in [0.15, 0.2) is 11.7 Å². The molecule has 0 aliphatic rings. The number of rotatable bonds is 6. The molecule has 1 rings (SSSR count). The van der Waals surface area contributed by atoms with Gasteiger partial charge in [-0.15, -0.1) is 11.3 Å². The molecule has 0 N–H and O–H groups in total. The van der Waals surface area contributed by atoms with E-state index in [-0.39, 0.29) is 0 Å². The molecule has 1 aromatic rings. The first-order valence-electron chi connectivity index (χ1n) is 4.84. The molecule has 74 valence electrons. The highest BCUT2D eigenvalue weighted by Gasteiger charge is 2.02. The van der Waals surface area contributed by atoms with E-state index in [1.54, 1.807) is 11.3 Å². The first kappa shape index (κ1) is 11.2. The third-order valence-electron chi connectivity index (χ3n) is 2.03.